The molecule has 1 aliphatic rings. The summed E-state index contributed by atoms with van der Waals surface area (Å²) >= 11 is 0. The second kappa shape index (κ2) is 4.32. The number of ether oxygens (including phenoxy) is 1. The molecule has 3 nitrogen and oxygen atoms in total. The van der Waals surface area contributed by atoms with Crippen LogP contribution in [0.15, 0.2) is 12.3 Å². The molecule has 0 spiro atoms. The Morgan fingerprint density at radius 2 is 2.06 bits per heavy atom. The quantitative estimate of drug-likeness (QED) is 0.780. The Bertz CT molecular complexity index is 370. The van der Waals surface area contributed by atoms with Crippen LogP contribution in [0.4, 0.5) is 5.69 Å². The van der Waals surface area contributed by atoms with Crippen LogP contribution in [0.2, 0.25) is 0 Å². The molecule has 3 heteroatoms. The highest BCUT2D eigenvalue weighted by Crippen LogP contribution is 2.33. The lowest BCUT2D eigenvalue weighted by Crippen LogP contribution is -2.11. The molecule has 0 atom stereocenters. The number of nitrogens with zero attached hydrogens (tertiary/aromatic N) is 2. The molecule has 2 rings (SSSR count). The van der Waals surface area contributed by atoms with E-state index >= 15 is 0 Å². The van der Waals surface area contributed by atoms with Crippen molar-refractivity contribution in [1.29, 1.82) is 0 Å². The van der Waals surface area contributed by atoms with Crippen LogP contribution in [0.25, 0.3) is 0 Å². The minimum atomic E-state index is 0.407. The first kappa shape index (κ1) is 11.2. The van der Waals surface area contributed by atoms with Gasteiger partial charge in [-0.3, -0.25) is 4.98 Å². The molecule has 0 amide bonds. The SMILES string of the molecule is CC(C)c1ncc(N(C)C)cc1OC1CC1. The highest BCUT2D eigenvalue weighted by atomic mass is 16.5. The zero-order chi connectivity index (χ0) is 11.7. The predicted molar refractivity (Wildman–Crippen MR) is 66.3 cm³/mol. The molecule has 0 aliphatic heterocycles. The Labute approximate surface area is 97.4 Å². The van der Waals surface area contributed by atoms with E-state index in [1.165, 1.54) is 12.8 Å². The molecule has 1 saturated carbocycles. The molecule has 1 aromatic heterocycles. The zero-order valence-corrected chi connectivity index (χ0v) is 10.5. The molecule has 1 aliphatic carbocycles. The van der Waals surface area contributed by atoms with Gasteiger partial charge in [0.2, 0.25) is 0 Å². The second-order valence-corrected chi connectivity index (χ2v) is 4.94. The van der Waals surface area contributed by atoms with Crippen LogP contribution in [0.3, 0.4) is 0 Å². The maximum Gasteiger partial charge on any atom is 0.143 e. The van der Waals surface area contributed by atoms with Gasteiger partial charge < -0.3 is 9.64 Å². The maximum absolute atomic E-state index is 5.92. The normalized spacial score (nSPS) is 15.3. The van der Waals surface area contributed by atoms with Gasteiger partial charge in [0.25, 0.3) is 0 Å². The van der Waals surface area contributed by atoms with Crippen LogP contribution >= 0.6 is 0 Å². The van der Waals surface area contributed by atoms with Crippen LogP contribution in [0.1, 0.15) is 38.3 Å². The van der Waals surface area contributed by atoms with E-state index in [-0.39, 0.29) is 0 Å². The minimum Gasteiger partial charge on any atom is -0.488 e. The molecular formula is C13H20N2O. The van der Waals surface area contributed by atoms with Gasteiger partial charge in [-0.2, -0.15) is 0 Å². The molecule has 88 valence electrons. The lowest BCUT2D eigenvalue weighted by atomic mass is 10.1. The summed E-state index contributed by atoms with van der Waals surface area (Å²) < 4.78 is 5.92. The Morgan fingerprint density at radius 1 is 1.38 bits per heavy atom. The fourth-order valence-electron chi connectivity index (χ4n) is 1.58. The average Bonchev–Trinajstić information content (AvgIpc) is 3.01. The number of pyridine rings is 1. The van der Waals surface area contributed by atoms with Crippen LogP contribution in [-0.2, 0) is 0 Å². The molecule has 0 bridgehead atoms. The number of aromatic nitrogens is 1. The summed E-state index contributed by atoms with van der Waals surface area (Å²) in [6.45, 7) is 4.30. The molecule has 16 heavy (non-hydrogen) atoms. The topological polar surface area (TPSA) is 25.4 Å². The monoisotopic (exact) mass is 220 g/mol. The van der Waals surface area contributed by atoms with Crippen molar-refractivity contribution >= 4 is 5.69 Å². The van der Waals surface area contributed by atoms with Gasteiger partial charge in [0.15, 0.2) is 0 Å². The summed E-state index contributed by atoms with van der Waals surface area (Å²) in [5, 5.41) is 0. The van der Waals surface area contributed by atoms with E-state index in [4.69, 9.17) is 4.74 Å². The lowest BCUT2D eigenvalue weighted by molar-refractivity contribution is 0.297. The molecule has 0 radical (unpaired) electrons. The van der Waals surface area contributed by atoms with Crippen molar-refractivity contribution in [3.63, 3.8) is 0 Å². The van der Waals surface area contributed by atoms with Gasteiger partial charge in [-0.25, -0.2) is 0 Å². The van der Waals surface area contributed by atoms with E-state index in [1.807, 2.05) is 20.3 Å². The van der Waals surface area contributed by atoms with E-state index in [0.717, 1.165) is 17.1 Å². The van der Waals surface area contributed by atoms with E-state index < -0.39 is 0 Å². The number of anilines is 1. The van der Waals surface area contributed by atoms with Crippen molar-refractivity contribution in [2.45, 2.75) is 38.7 Å². The van der Waals surface area contributed by atoms with Crippen molar-refractivity contribution in [2.24, 2.45) is 0 Å². The first-order valence-electron chi connectivity index (χ1n) is 5.92. The molecule has 1 aromatic rings. The fraction of sp³-hybridized carbons (Fsp3) is 0.615. The van der Waals surface area contributed by atoms with Crippen molar-refractivity contribution in [2.75, 3.05) is 19.0 Å². The largest absolute Gasteiger partial charge is 0.488 e. The van der Waals surface area contributed by atoms with Gasteiger partial charge in [-0.1, -0.05) is 13.8 Å². The molecular weight excluding hydrogens is 200 g/mol. The number of hydrogen-bond acceptors (Lipinski definition) is 3. The summed E-state index contributed by atoms with van der Waals surface area (Å²) in [7, 11) is 4.04. The summed E-state index contributed by atoms with van der Waals surface area (Å²) in [4.78, 5) is 6.57. The molecule has 0 saturated heterocycles. The summed E-state index contributed by atoms with van der Waals surface area (Å²) in [6, 6.07) is 2.10. The first-order valence-corrected chi connectivity index (χ1v) is 5.92. The Morgan fingerprint density at radius 3 is 2.56 bits per heavy atom. The van der Waals surface area contributed by atoms with Crippen molar-refractivity contribution in [3.05, 3.63) is 18.0 Å². The summed E-state index contributed by atoms with van der Waals surface area (Å²) in [5.74, 6) is 1.37. The molecule has 0 aromatic carbocycles. The Hall–Kier alpha value is -1.25. The van der Waals surface area contributed by atoms with E-state index in [2.05, 4.69) is 29.8 Å². The third-order valence-corrected chi connectivity index (χ3v) is 2.75. The van der Waals surface area contributed by atoms with E-state index in [9.17, 15) is 0 Å². The fourth-order valence-corrected chi connectivity index (χ4v) is 1.58. The Kier molecular flexibility index (Phi) is 3.03. The first-order chi connectivity index (χ1) is 7.58. The number of rotatable bonds is 4. The average molecular weight is 220 g/mol. The third kappa shape index (κ3) is 2.46. The van der Waals surface area contributed by atoms with Gasteiger partial charge in [0, 0.05) is 20.2 Å². The highest BCUT2D eigenvalue weighted by molar-refractivity contribution is 5.49. The van der Waals surface area contributed by atoms with Crippen LogP contribution in [0, 0.1) is 0 Å². The maximum atomic E-state index is 5.92. The van der Waals surface area contributed by atoms with Gasteiger partial charge >= 0.3 is 0 Å². The molecule has 0 unspecified atom stereocenters. The van der Waals surface area contributed by atoms with Gasteiger partial charge in [0.05, 0.1) is 23.7 Å². The lowest BCUT2D eigenvalue weighted by Gasteiger charge is -2.17. The summed E-state index contributed by atoms with van der Waals surface area (Å²) in [6.07, 6.45) is 4.71. The van der Waals surface area contributed by atoms with Gasteiger partial charge in [0.1, 0.15) is 5.75 Å². The van der Waals surface area contributed by atoms with Crippen LogP contribution in [0.5, 0.6) is 5.75 Å². The van der Waals surface area contributed by atoms with Crippen LogP contribution < -0.4 is 9.64 Å². The molecule has 0 N–H and O–H groups in total. The summed E-state index contributed by atoms with van der Waals surface area (Å²) in [5.41, 5.74) is 2.16. The van der Waals surface area contributed by atoms with Gasteiger partial charge in [-0.05, 0) is 18.8 Å². The third-order valence-electron chi connectivity index (χ3n) is 2.75. The minimum absolute atomic E-state index is 0.407. The standard InChI is InChI=1S/C13H20N2O/c1-9(2)13-12(16-11-5-6-11)7-10(8-14-13)15(3)4/h7-9,11H,5-6H2,1-4H3. The Balaban J connectivity index is 2.29. The van der Waals surface area contributed by atoms with Gasteiger partial charge in [-0.15, -0.1) is 0 Å². The van der Waals surface area contributed by atoms with Crippen molar-refractivity contribution in [1.82, 2.24) is 4.98 Å². The predicted octanol–water partition coefficient (Wildman–Crippen LogP) is 2.81. The van der Waals surface area contributed by atoms with E-state index in [1.54, 1.807) is 0 Å². The van der Waals surface area contributed by atoms with Crippen molar-refractivity contribution < 1.29 is 4.74 Å². The van der Waals surface area contributed by atoms with Crippen LogP contribution in [-0.4, -0.2) is 25.2 Å². The zero-order valence-electron chi connectivity index (χ0n) is 10.5. The molecule has 1 fully saturated rings. The number of hydrogen-bond donors (Lipinski definition) is 0. The van der Waals surface area contributed by atoms with Crippen molar-refractivity contribution in [3.8, 4) is 5.75 Å². The second-order valence-electron chi connectivity index (χ2n) is 4.94. The van der Waals surface area contributed by atoms with E-state index in [0.29, 0.717) is 12.0 Å². The smallest absolute Gasteiger partial charge is 0.143 e. The highest BCUT2D eigenvalue weighted by Gasteiger charge is 2.25. The molecule has 1 heterocycles.